The Hall–Kier alpha value is -2.99. The fourth-order valence-electron chi connectivity index (χ4n) is 2.83. The number of carbonyl (C=O) groups excluding carboxylic acids is 1. The number of fused-ring (bicyclic) bond motifs is 1. The second-order valence-corrected chi connectivity index (χ2v) is 7.02. The molecule has 2 aromatic carbocycles. The van der Waals surface area contributed by atoms with E-state index < -0.39 is 5.97 Å². The van der Waals surface area contributed by atoms with Crippen LogP contribution in [0.15, 0.2) is 54.6 Å². The lowest BCUT2D eigenvalue weighted by molar-refractivity contribution is 0.0740. The fraction of sp³-hybridized carbons (Fsp3) is 0.100. The van der Waals surface area contributed by atoms with Gasteiger partial charge < -0.3 is 4.74 Å². The van der Waals surface area contributed by atoms with Gasteiger partial charge >= 0.3 is 5.97 Å². The number of ether oxygens (including phenoxy) is 1. The average Bonchev–Trinajstić information content (AvgIpc) is 3.17. The first-order valence-electron chi connectivity index (χ1n) is 8.03. The van der Waals surface area contributed by atoms with Crippen LogP contribution in [0.3, 0.4) is 0 Å². The molecule has 4 nitrogen and oxygen atoms in total. The number of thiophene rings is 1. The standard InChI is InChI=1S/C20H15FN2O2S/c1-12-6-5-7-13(10-12)25-20(24)17-11-15-18(22-23(2)19(15)26-17)14-8-3-4-9-16(14)21/h3-11H,1-2H3. The van der Waals surface area contributed by atoms with Crippen molar-refractivity contribution in [3.63, 3.8) is 0 Å². The summed E-state index contributed by atoms with van der Waals surface area (Å²) >= 11 is 1.28. The van der Waals surface area contributed by atoms with Crippen molar-refractivity contribution in [2.24, 2.45) is 7.05 Å². The van der Waals surface area contributed by atoms with Crippen molar-refractivity contribution in [1.82, 2.24) is 9.78 Å². The van der Waals surface area contributed by atoms with Gasteiger partial charge in [0.05, 0.1) is 0 Å². The molecular weight excluding hydrogens is 351 g/mol. The zero-order valence-electron chi connectivity index (χ0n) is 14.2. The normalized spacial score (nSPS) is 11.0. The third kappa shape index (κ3) is 2.88. The number of hydrogen-bond acceptors (Lipinski definition) is 4. The molecule has 130 valence electrons. The van der Waals surface area contributed by atoms with Gasteiger partial charge in [-0.3, -0.25) is 4.68 Å². The van der Waals surface area contributed by atoms with E-state index in [4.69, 9.17) is 4.74 Å². The maximum absolute atomic E-state index is 14.2. The van der Waals surface area contributed by atoms with Crippen LogP contribution < -0.4 is 4.74 Å². The van der Waals surface area contributed by atoms with Crippen molar-refractivity contribution in [2.75, 3.05) is 0 Å². The minimum atomic E-state index is -0.434. The van der Waals surface area contributed by atoms with Crippen molar-refractivity contribution in [3.8, 4) is 17.0 Å². The number of nitrogens with zero attached hydrogens (tertiary/aromatic N) is 2. The minimum Gasteiger partial charge on any atom is -0.422 e. The van der Waals surface area contributed by atoms with Crippen LogP contribution in [0, 0.1) is 12.7 Å². The first-order valence-corrected chi connectivity index (χ1v) is 8.85. The summed E-state index contributed by atoms with van der Waals surface area (Å²) in [4.78, 5) is 13.7. The largest absolute Gasteiger partial charge is 0.422 e. The number of esters is 1. The van der Waals surface area contributed by atoms with E-state index in [-0.39, 0.29) is 5.82 Å². The van der Waals surface area contributed by atoms with E-state index >= 15 is 0 Å². The summed E-state index contributed by atoms with van der Waals surface area (Å²) in [6.07, 6.45) is 0. The number of hydrogen-bond donors (Lipinski definition) is 0. The van der Waals surface area contributed by atoms with Gasteiger partial charge in [-0.1, -0.05) is 24.3 Å². The molecule has 2 aromatic heterocycles. The Bertz CT molecular complexity index is 1130. The van der Waals surface area contributed by atoms with Crippen LogP contribution in [0.5, 0.6) is 5.75 Å². The maximum Gasteiger partial charge on any atom is 0.353 e. The molecule has 0 aliphatic rings. The van der Waals surface area contributed by atoms with Gasteiger partial charge in [-0.15, -0.1) is 11.3 Å². The molecule has 0 saturated carbocycles. The molecule has 0 radical (unpaired) electrons. The van der Waals surface area contributed by atoms with Gasteiger partial charge in [-0.05, 0) is 42.8 Å². The summed E-state index contributed by atoms with van der Waals surface area (Å²) in [5, 5.41) is 5.15. The lowest BCUT2D eigenvalue weighted by Crippen LogP contribution is -2.06. The summed E-state index contributed by atoms with van der Waals surface area (Å²) in [6.45, 7) is 1.93. The molecule has 0 aliphatic heterocycles. The Balaban J connectivity index is 1.73. The number of rotatable bonds is 3. The van der Waals surface area contributed by atoms with Crippen molar-refractivity contribution < 1.29 is 13.9 Å². The van der Waals surface area contributed by atoms with E-state index in [0.29, 0.717) is 21.9 Å². The lowest BCUT2D eigenvalue weighted by atomic mass is 10.1. The van der Waals surface area contributed by atoms with Crippen LogP contribution in [-0.4, -0.2) is 15.7 Å². The quantitative estimate of drug-likeness (QED) is 0.380. The summed E-state index contributed by atoms with van der Waals surface area (Å²) < 4.78 is 21.3. The predicted molar refractivity (Wildman–Crippen MR) is 100 cm³/mol. The average molecular weight is 366 g/mol. The summed E-state index contributed by atoms with van der Waals surface area (Å²) in [5.41, 5.74) is 1.94. The monoisotopic (exact) mass is 366 g/mol. The van der Waals surface area contributed by atoms with Gasteiger partial charge in [-0.2, -0.15) is 5.10 Å². The number of aryl methyl sites for hydroxylation is 2. The van der Waals surface area contributed by atoms with Gasteiger partial charge in [-0.25, -0.2) is 9.18 Å². The zero-order chi connectivity index (χ0) is 18.3. The summed E-state index contributed by atoms with van der Waals surface area (Å²) in [6, 6.07) is 15.5. The molecule has 0 fully saturated rings. The number of carbonyl (C=O) groups is 1. The van der Waals surface area contributed by atoms with E-state index in [1.807, 2.05) is 19.1 Å². The first-order chi connectivity index (χ1) is 12.5. The maximum atomic E-state index is 14.2. The second-order valence-electron chi connectivity index (χ2n) is 5.99. The molecule has 0 unspecified atom stereocenters. The topological polar surface area (TPSA) is 44.1 Å². The van der Waals surface area contributed by atoms with Crippen LogP contribution in [0.1, 0.15) is 15.2 Å². The zero-order valence-corrected chi connectivity index (χ0v) is 15.0. The van der Waals surface area contributed by atoms with Crippen molar-refractivity contribution in [2.45, 2.75) is 6.92 Å². The van der Waals surface area contributed by atoms with Gasteiger partial charge in [0.25, 0.3) is 0 Å². The van der Waals surface area contributed by atoms with Crippen LogP contribution in [-0.2, 0) is 7.05 Å². The molecule has 0 amide bonds. The molecule has 4 rings (SSSR count). The molecule has 0 saturated heterocycles. The van der Waals surface area contributed by atoms with Gasteiger partial charge in [0.2, 0.25) is 0 Å². The third-order valence-electron chi connectivity index (χ3n) is 4.04. The fourth-order valence-corrected chi connectivity index (χ4v) is 3.78. The number of halogens is 1. The van der Waals surface area contributed by atoms with Gasteiger partial charge in [0.1, 0.15) is 27.0 Å². The van der Waals surface area contributed by atoms with E-state index in [1.54, 1.807) is 48.1 Å². The van der Waals surface area contributed by atoms with Gasteiger partial charge in [0, 0.05) is 18.0 Å². The van der Waals surface area contributed by atoms with E-state index in [2.05, 4.69) is 5.10 Å². The Labute approximate surface area is 153 Å². The molecule has 0 bridgehead atoms. The highest BCUT2D eigenvalue weighted by atomic mass is 32.1. The Kier molecular flexibility index (Phi) is 4.05. The Morgan fingerprint density at radius 1 is 1.15 bits per heavy atom. The molecule has 6 heteroatoms. The lowest BCUT2D eigenvalue weighted by Gasteiger charge is -2.03. The molecule has 0 aliphatic carbocycles. The molecule has 0 spiro atoms. The van der Waals surface area contributed by atoms with Crippen LogP contribution in [0.25, 0.3) is 21.5 Å². The highest BCUT2D eigenvalue weighted by Crippen LogP contribution is 2.35. The Morgan fingerprint density at radius 3 is 2.73 bits per heavy atom. The number of aromatic nitrogens is 2. The predicted octanol–water partition coefficient (Wildman–Crippen LogP) is 4.97. The van der Waals surface area contributed by atoms with Crippen LogP contribution in [0.2, 0.25) is 0 Å². The molecule has 2 heterocycles. The second kappa shape index (κ2) is 6.38. The molecule has 0 atom stereocenters. The van der Waals surface area contributed by atoms with E-state index in [9.17, 15) is 9.18 Å². The smallest absolute Gasteiger partial charge is 0.353 e. The third-order valence-corrected chi connectivity index (χ3v) is 5.22. The summed E-state index contributed by atoms with van der Waals surface area (Å²) in [5.74, 6) is -0.279. The molecule has 4 aromatic rings. The highest BCUT2D eigenvalue weighted by Gasteiger charge is 2.20. The van der Waals surface area contributed by atoms with Crippen LogP contribution in [0.4, 0.5) is 4.39 Å². The number of benzene rings is 2. The minimum absolute atomic E-state index is 0.345. The SMILES string of the molecule is Cc1cccc(OC(=O)c2cc3c(-c4ccccc4F)nn(C)c3s2)c1. The molecule has 26 heavy (non-hydrogen) atoms. The van der Waals surface area contributed by atoms with E-state index in [1.165, 1.54) is 17.4 Å². The van der Waals surface area contributed by atoms with Crippen molar-refractivity contribution in [3.05, 3.63) is 70.9 Å². The summed E-state index contributed by atoms with van der Waals surface area (Å²) in [7, 11) is 1.78. The van der Waals surface area contributed by atoms with Crippen molar-refractivity contribution >= 4 is 27.5 Å². The van der Waals surface area contributed by atoms with Crippen molar-refractivity contribution in [1.29, 1.82) is 0 Å². The first kappa shape index (κ1) is 16.5. The highest BCUT2D eigenvalue weighted by molar-refractivity contribution is 7.20. The van der Waals surface area contributed by atoms with Gasteiger partial charge in [0.15, 0.2) is 0 Å². The van der Waals surface area contributed by atoms with Crippen LogP contribution >= 0.6 is 11.3 Å². The molecular formula is C20H15FN2O2S. The van der Waals surface area contributed by atoms with E-state index in [0.717, 1.165) is 15.8 Å². The Morgan fingerprint density at radius 2 is 1.96 bits per heavy atom. The molecule has 0 N–H and O–H groups in total.